The van der Waals surface area contributed by atoms with Crippen molar-refractivity contribution in [2.45, 2.75) is 39.2 Å². The van der Waals surface area contributed by atoms with Crippen LogP contribution in [-0.2, 0) is 4.79 Å². The van der Waals surface area contributed by atoms with Crippen molar-refractivity contribution in [2.75, 3.05) is 11.9 Å². The van der Waals surface area contributed by atoms with Gasteiger partial charge in [0.15, 0.2) is 5.82 Å². The maximum absolute atomic E-state index is 13.2. The molecular weight excluding hydrogens is 376 g/mol. The standard InChI is InChI=1S/C24H26N4O2/c1-16-12-17(2)14-19(13-16)20-15-21(27-26-20)25-23(30)24(3)10-7-11-28(24)22(29)18-8-5-4-6-9-18/h4-6,8-9,12-15H,7,10-11H2,1-3H3,(H2,25,26,27,30). The van der Waals surface area contributed by atoms with Crippen LogP contribution < -0.4 is 5.32 Å². The fourth-order valence-electron chi connectivity index (χ4n) is 4.18. The normalized spacial score (nSPS) is 18.4. The number of rotatable bonds is 4. The minimum atomic E-state index is -0.911. The van der Waals surface area contributed by atoms with E-state index in [-0.39, 0.29) is 11.8 Å². The molecule has 6 heteroatoms. The number of nitrogens with zero attached hydrogens (tertiary/aromatic N) is 2. The molecule has 0 bridgehead atoms. The Morgan fingerprint density at radius 3 is 2.47 bits per heavy atom. The van der Waals surface area contributed by atoms with Crippen LogP contribution in [-0.4, -0.2) is 39.0 Å². The van der Waals surface area contributed by atoms with E-state index in [0.29, 0.717) is 24.3 Å². The molecule has 1 unspecified atom stereocenters. The molecule has 1 fully saturated rings. The lowest BCUT2D eigenvalue weighted by atomic mass is 9.96. The van der Waals surface area contributed by atoms with E-state index in [0.717, 1.165) is 17.7 Å². The Bertz CT molecular complexity index is 1070. The van der Waals surface area contributed by atoms with Gasteiger partial charge in [0, 0.05) is 23.7 Å². The highest BCUT2D eigenvalue weighted by Crippen LogP contribution is 2.32. The first-order valence-electron chi connectivity index (χ1n) is 10.2. The van der Waals surface area contributed by atoms with Crippen LogP contribution in [0.4, 0.5) is 5.82 Å². The van der Waals surface area contributed by atoms with Crippen LogP contribution in [0.25, 0.3) is 11.3 Å². The number of amides is 2. The van der Waals surface area contributed by atoms with E-state index in [9.17, 15) is 9.59 Å². The molecule has 2 N–H and O–H groups in total. The number of H-pyrrole nitrogens is 1. The third-order valence-corrected chi connectivity index (χ3v) is 5.75. The fourth-order valence-corrected chi connectivity index (χ4v) is 4.18. The summed E-state index contributed by atoms with van der Waals surface area (Å²) in [6.45, 7) is 6.49. The highest BCUT2D eigenvalue weighted by Gasteiger charge is 2.46. The number of nitrogens with one attached hydrogen (secondary N) is 2. The van der Waals surface area contributed by atoms with Crippen LogP contribution in [0.2, 0.25) is 0 Å². The predicted molar refractivity (Wildman–Crippen MR) is 117 cm³/mol. The van der Waals surface area contributed by atoms with E-state index < -0.39 is 5.54 Å². The molecule has 1 aliphatic rings. The number of likely N-dealkylation sites (tertiary alicyclic amines) is 1. The lowest BCUT2D eigenvalue weighted by Crippen LogP contribution is -2.53. The molecule has 1 saturated heterocycles. The van der Waals surface area contributed by atoms with Gasteiger partial charge in [-0.3, -0.25) is 14.7 Å². The maximum atomic E-state index is 13.2. The molecule has 2 heterocycles. The highest BCUT2D eigenvalue weighted by molar-refractivity contribution is 6.03. The van der Waals surface area contributed by atoms with Gasteiger partial charge in [-0.2, -0.15) is 5.10 Å². The predicted octanol–water partition coefficient (Wildman–Crippen LogP) is 4.33. The van der Waals surface area contributed by atoms with Gasteiger partial charge in [0.2, 0.25) is 0 Å². The van der Waals surface area contributed by atoms with Gasteiger partial charge >= 0.3 is 0 Å². The number of carbonyl (C=O) groups is 2. The zero-order valence-electron chi connectivity index (χ0n) is 17.5. The maximum Gasteiger partial charge on any atom is 0.254 e. The molecule has 6 nitrogen and oxygen atoms in total. The highest BCUT2D eigenvalue weighted by atomic mass is 16.2. The molecule has 3 aromatic rings. The minimum Gasteiger partial charge on any atom is -0.324 e. The van der Waals surface area contributed by atoms with Crippen LogP contribution in [0.1, 0.15) is 41.3 Å². The summed E-state index contributed by atoms with van der Waals surface area (Å²) in [4.78, 5) is 27.9. The molecule has 154 valence electrons. The van der Waals surface area contributed by atoms with Crippen molar-refractivity contribution < 1.29 is 9.59 Å². The van der Waals surface area contributed by atoms with Gasteiger partial charge in [-0.05, 0) is 57.9 Å². The Labute approximate surface area is 176 Å². The van der Waals surface area contributed by atoms with Crippen molar-refractivity contribution >= 4 is 17.6 Å². The lowest BCUT2D eigenvalue weighted by Gasteiger charge is -2.33. The Kier molecular flexibility index (Phi) is 5.16. The Balaban J connectivity index is 1.53. The topological polar surface area (TPSA) is 78.1 Å². The molecule has 4 rings (SSSR count). The SMILES string of the molecule is Cc1cc(C)cc(-c2cc(NC(=O)C3(C)CCCN3C(=O)c3ccccc3)n[nH]2)c1. The second-order valence-corrected chi connectivity index (χ2v) is 8.20. The van der Waals surface area contributed by atoms with Crippen molar-refractivity contribution in [1.29, 1.82) is 0 Å². The smallest absolute Gasteiger partial charge is 0.254 e. The molecule has 1 atom stereocenters. The van der Waals surface area contributed by atoms with Gasteiger partial charge in [-0.15, -0.1) is 0 Å². The van der Waals surface area contributed by atoms with Crippen molar-refractivity contribution in [1.82, 2.24) is 15.1 Å². The van der Waals surface area contributed by atoms with E-state index in [1.54, 1.807) is 17.0 Å². The molecule has 0 aliphatic carbocycles. The quantitative estimate of drug-likeness (QED) is 0.682. The second kappa shape index (κ2) is 7.78. The molecule has 1 aliphatic heterocycles. The summed E-state index contributed by atoms with van der Waals surface area (Å²) in [5.74, 6) is 0.112. The first-order chi connectivity index (χ1) is 14.4. The van der Waals surface area contributed by atoms with Crippen molar-refractivity contribution in [3.05, 3.63) is 71.3 Å². The summed E-state index contributed by atoms with van der Waals surface area (Å²) in [7, 11) is 0. The van der Waals surface area contributed by atoms with E-state index in [4.69, 9.17) is 0 Å². The van der Waals surface area contributed by atoms with Gasteiger partial charge in [0.1, 0.15) is 5.54 Å². The zero-order valence-corrected chi connectivity index (χ0v) is 17.5. The number of hydrogen-bond donors (Lipinski definition) is 2. The molecule has 1 aromatic heterocycles. The van der Waals surface area contributed by atoms with E-state index in [1.807, 2.05) is 31.2 Å². The summed E-state index contributed by atoms with van der Waals surface area (Å²) >= 11 is 0. The summed E-state index contributed by atoms with van der Waals surface area (Å²) in [6.07, 6.45) is 1.41. The fraction of sp³-hybridized carbons (Fsp3) is 0.292. The third-order valence-electron chi connectivity index (χ3n) is 5.75. The summed E-state index contributed by atoms with van der Waals surface area (Å²) in [5, 5.41) is 10.2. The first kappa shape index (κ1) is 19.9. The molecule has 0 radical (unpaired) electrons. The minimum absolute atomic E-state index is 0.122. The summed E-state index contributed by atoms with van der Waals surface area (Å²) in [6, 6.07) is 17.2. The van der Waals surface area contributed by atoms with Crippen molar-refractivity contribution in [2.24, 2.45) is 0 Å². The van der Waals surface area contributed by atoms with Gasteiger partial charge in [0.25, 0.3) is 11.8 Å². The summed E-state index contributed by atoms with van der Waals surface area (Å²) < 4.78 is 0. The van der Waals surface area contributed by atoms with Crippen LogP contribution in [0, 0.1) is 13.8 Å². The second-order valence-electron chi connectivity index (χ2n) is 8.20. The molecular formula is C24H26N4O2. The van der Waals surface area contributed by atoms with Crippen LogP contribution >= 0.6 is 0 Å². The molecule has 0 saturated carbocycles. The van der Waals surface area contributed by atoms with Gasteiger partial charge < -0.3 is 10.2 Å². The molecule has 30 heavy (non-hydrogen) atoms. The van der Waals surface area contributed by atoms with Crippen molar-refractivity contribution in [3.63, 3.8) is 0 Å². The molecule has 2 aromatic carbocycles. The van der Waals surface area contributed by atoms with Crippen molar-refractivity contribution in [3.8, 4) is 11.3 Å². The molecule has 0 spiro atoms. The zero-order chi connectivity index (χ0) is 21.3. The van der Waals surface area contributed by atoms with Crippen LogP contribution in [0.3, 0.4) is 0 Å². The van der Waals surface area contributed by atoms with Gasteiger partial charge in [-0.25, -0.2) is 0 Å². The number of aryl methyl sites for hydroxylation is 2. The van der Waals surface area contributed by atoms with Crippen LogP contribution in [0.15, 0.2) is 54.6 Å². The summed E-state index contributed by atoms with van der Waals surface area (Å²) in [5.41, 5.74) is 3.87. The van der Waals surface area contributed by atoms with E-state index in [2.05, 4.69) is 47.6 Å². The number of benzene rings is 2. The number of aromatic nitrogens is 2. The number of carbonyl (C=O) groups excluding carboxylic acids is 2. The number of aromatic amines is 1. The Morgan fingerprint density at radius 1 is 1.07 bits per heavy atom. The van der Waals surface area contributed by atoms with E-state index >= 15 is 0 Å². The van der Waals surface area contributed by atoms with Gasteiger partial charge in [-0.1, -0.05) is 35.4 Å². The molecule has 2 amide bonds. The lowest BCUT2D eigenvalue weighted by molar-refractivity contribution is -0.124. The Hall–Kier alpha value is -3.41. The monoisotopic (exact) mass is 402 g/mol. The van der Waals surface area contributed by atoms with Gasteiger partial charge in [0.05, 0.1) is 5.69 Å². The third kappa shape index (κ3) is 3.73. The van der Waals surface area contributed by atoms with Crippen LogP contribution in [0.5, 0.6) is 0 Å². The first-order valence-corrected chi connectivity index (χ1v) is 10.2. The largest absolute Gasteiger partial charge is 0.324 e. The average Bonchev–Trinajstić information content (AvgIpc) is 3.35. The van der Waals surface area contributed by atoms with E-state index in [1.165, 1.54) is 11.1 Å². The average molecular weight is 402 g/mol. The number of hydrogen-bond acceptors (Lipinski definition) is 3. The Morgan fingerprint density at radius 2 is 1.77 bits per heavy atom. The number of anilines is 1.